The fourth-order valence-electron chi connectivity index (χ4n) is 2.47. The van der Waals surface area contributed by atoms with Crippen molar-refractivity contribution in [2.24, 2.45) is 11.7 Å². The monoisotopic (exact) mass is 223 g/mol. The summed E-state index contributed by atoms with van der Waals surface area (Å²) in [5.41, 5.74) is 6.26. The van der Waals surface area contributed by atoms with E-state index in [1.807, 2.05) is 12.1 Å². The summed E-state index contributed by atoms with van der Waals surface area (Å²) in [5.74, 6) is 2.32. The van der Waals surface area contributed by atoms with Crippen LogP contribution in [0.4, 0.5) is 0 Å². The van der Waals surface area contributed by atoms with E-state index in [2.05, 4.69) is 13.8 Å². The topological polar surface area (TPSA) is 48.4 Å². The minimum Gasteiger partial charge on any atom is -0.464 e. The molecule has 2 rings (SSSR count). The van der Waals surface area contributed by atoms with E-state index in [0.29, 0.717) is 12.0 Å². The van der Waals surface area contributed by atoms with Gasteiger partial charge in [-0.15, -0.1) is 0 Å². The molecule has 0 aromatic carbocycles. The Balaban J connectivity index is 2.08. The summed E-state index contributed by atoms with van der Waals surface area (Å²) in [6.45, 7) is 5.06. The molecule has 0 aliphatic carbocycles. The summed E-state index contributed by atoms with van der Waals surface area (Å²) in [4.78, 5) is 0. The standard InChI is InChI=1S/C13H21NO2/c1-3-9-5-6-12(16-9)13(14)10-7-8-15-11(10)4-2/h5-6,10-11,13H,3-4,7-8,14H2,1-2H3. The highest BCUT2D eigenvalue weighted by Crippen LogP contribution is 2.33. The number of hydrogen-bond acceptors (Lipinski definition) is 3. The maximum Gasteiger partial charge on any atom is 0.121 e. The molecule has 16 heavy (non-hydrogen) atoms. The zero-order valence-corrected chi connectivity index (χ0v) is 10.1. The van der Waals surface area contributed by atoms with Crippen LogP contribution in [0.3, 0.4) is 0 Å². The third kappa shape index (κ3) is 2.15. The average molecular weight is 223 g/mol. The van der Waals surface area contributed by atoms with E-state index in [1.165, 1.54) is 0 Å². The molecule has 1 aliphatic heterocycles. The summed E-state index contributed by atoms with van der Waals surface area (Å²) >= 11 is 0. The van der Waals surface area contributed by atoms with Crippen molar-refractivity contribution in [1.29, 1.82) is 0 Å². The number of furan rings is 1. The molecule has 1 aromatic heterocycles. The van der Waals surface area contributed by atoms with E-state index in [1.54, 1.807) is 0 Å². The van der Waals surface area contributed by atoms with Gasteiger partial charge >= 0.3 is 0 Å². The molecule has 1 saturated heterocycles. The van der Waals surface area contributed by atoms with Crippen LogP contribution in [0.15, 0.2) is 16.5 Å². The maximum atomic E-state index is 6.26. The van der Waals surface area contributed by atoms with E-state index in [9.17, 15) is 0 Å². The van der Waals surface area contributed by atoms with Gasteiger partial charge in [-0.05, 0) is 25.0 Å². The van der Waals surface area contributed by atoms with Crippen LogP contribution in [0.2, 0.25) is 0 Å². The minimum absolute atomic E-state index is 0.0206. The molecule has 3 heteroatoms. The lowest BCUT2D eigenvalue weighted by molar-refractivity contribution is 0.0792. The minimum atomic E-state index is -0.0206. The highest BCUT2D eigenvalue weighted by molar-refractivity contribution is 5.12. The third-order valence-corrected chi connectivity index (χ3v) is 3.48. The largest absolute Gasteiger partial charge is 0.464 e. The fraction of sp³-hybridized carbons (Fsp3) is 0.692. The lowest BCUT2D eigenvalue weighted by Crippen LogP contribution is -2.27. The van der Waals surface area contributed by atoms with Crippen LogP contribution in [-0.4, -0.2) is 12.7 Å². The van der Waals surface area contributed by atoms with Gasteiger partial charge in [0.15, 0.2) is 0 Å². The van der Waals surface area contributed by atoms with Gasteiger partial charge in [-0.1, -0.05) is 13.8 Å². The van der Waals surface area contributed by atoms with E-state index in [4.69, 9.17) is 14.9 Å². The highest BCUT2D eigenvalue weighted by atomic mass is 16.5. The average Bonchev–Trinajstić information content (AvgIpc) is 2.96. The Morgan fingerprint density at radius 1 is 1.44 bits per heavy atom. The first-order chi connectivity index (χ1) is 7.76. The van der Waals surface area contributed by atoms with Gasteiger partial charge in [0.05, 0.1) is 12.1 Å². The zero-order chi connectivity index (χ0) is 11.5. The number of rotatable bonds is 4. The van der Waals surface area contributed by atoms with Crippen molar-refractivity contribution in [2.75, 3.05) is 6.61 Å². The van der Waals surface area contributed by atoms with Crippen LogP contribution in [0.1, 0.15) is 44.3 Å². The van der Waals surface area contributed by atoms with Crippen molar-refractivity contribution in [3.63, 3.8) is 0 Å². The second kappa shape index (κ2) is 5.02. The maximum absolute atomic E-state index is 6.26. The Bertz CT molecular complexity index is 334. The number of ether oxygens (including phenoxy) is 1. The predicted molar refractivity (Wildman–Crippen MR) is 63.2 cm³/mol. The van der Waals surface area contributed by atoms with Gasteiger partial charge in [0.1, 0.15) is 11.5 Å². The lowest BCUT2D eigenvalue weighted by atomic mass is 9.90. The zero-order valence-electron chi connectivity index (χ0n) is 10.1. The van der Waals surface area contributed by atoms with Crippen molar-refractivity contribution < 1.29 is 9.15 Å². The first-order valence-corrected chi connectivity index (χ1v) is 6.22. The molecule has 1 aliphatic rings. The molecule has 90 valence electrons. The molecule has 3 nitrogen and oxygen atoms in total. The quantitative estimate of drug-likeness (QED) is 0.853. The Hall–Kier alpha value is -0.800. The Kier molecular flexibility index (Phi) is 3.66. The van der Waals surface area contributed by atoms with Crippen LogP contribution in [0.25, 0.3) is 0 Å². The molecular weight excluding hydrogens is 202 g/mol. The van der Waals surface area contributed by atoms with Gasteiger partial charge in [-0.25, -0.2) is 0 Å². The summed E-state index contributed by atoms with van der Waals surface area (Å²) in [6.07, 6.45) is 3.29. The SMILES string of the molecule is CCc1ccc(C(N)C2CCOC2CC)o1. The normalized spacial score (nSPS) is 27.2. The molecule has 2 N–H and O–H groups in total. The van der Waals surface area contributed by atoms with Gasteiger partial charge in [-0.2, -0.15) is 0 Å². The van der Waals surface area contributed by atoms with Gasteiger partial charge < -0.3 is 14.9 Å². The van der Waals surface area contributed by atoms with E-state index in [-0.39, 0.29) is 6.04 Å². The molecule has 0 amide bonds. The van der Waals surface area contributed by atoms with Crippen molar-refractivity contribution in [2.45, 2.75) is 45.3 Å². The van der Waals surface area contributed by atoms with Crippen molar-refractivity contribution >= 4 is 0 Å². The molecular formula is C13H21NO2. The molecule has 3 atom stereocenters. The van der Waals surface area contributed by atoms with Crippen LogP contribution >= 0.6 is 0 Å². The summed E-state index contributed by atoms with van der Waals surface area (Å²) in [7, 11) is 0. The predicted octanol–water partition coefficient (Wildman–Crippen LogP) is 2.66. The van der Waals surface area contributed by atoms with Gasteiger partial charge in [0.25, 0.3) is 0 Å². The second-order valence-corrected chi connectivity index (χ2v) is 4.45. The molecule has 1 fully saturated rings. The van der Waals surface area contributed by atoms with Crippen molar-refractivity contribution in [3.8, 4) is 0 Å². The Morgan fingerprint density at radius 3 is 2.88 bits per heavy atom. The highest BCUT2D eigenvalue weighted by Gasteiger charge is 2.33. The number of aryl methyl sites for hydroxylation is 1. The Morgan fingerprint density at radius 2 is 2.25 bits per heavy atom. The first-order valence-electron chi connectivity index (χ1n) is 6.22. The van der Waals surface area contributed by atoms with Gasteiger partial charge in [0, 0.05) is 18.9 Å². The Labute approximate surface area is 97.0 Å². The van der Waals surface area contributed by atoms with Crippen LogP contribution in [0.5, 0.6) is 0 Å². The third-order valence-electron chi connectivity index (χ3n) is 3.48. The molecule has 2 heterocycles. The summed E-state index contributed by atoms with van der Waals surface area (Å²) < 4.78 is 11.4. The molecule has 1 aromatic rings. The summed E-state index contributed by atoms with van der Waals surface area (Å²) in [6, 6.07) is 4.01. The summed E-state index contributed by atoms with van der Waals surface area (Å²) in [5, 5.41) is 0. The number of hydrogen-bond donors (Lipinski definition) is 1. The van der Waals surface area contributed by atoms with Crippen LogP contribution < -0.4 is 5.73 Å². The molecule has 0 spiro atoms. The molecule has 0 saturated carbocycles. The first kappa shape index (κ1) is 11.7. The lowest BCUT2D eigenvalue weighted by Gasteiger charge is -2.21. The smallest absolute Gasteiger partial charge is 0.121 e. The second-order valence-electron chi connectivity index (χ2n) is 4.45. The fourth-order valence-corrected chi connectivity index (χ4v) is 2.47. The van der Waals surface area contributed by atoms with Gasteiger partial charge in [-0.3, -0.25) is 0 Å². The van der Waals surface area contributed by atoms with Crippen LogP contribution in [-0.2, 0) is 11.2 Å². The van der Waals surface area contributed by atoms with Crippen molar-refractivity contribution in [3.05, 3.63) is 23.7 Å². The number of nitrogens with two attached hydrogens (primary N) is 1. The molecule has 3 unspecified atom stereocenters. The molecule has 0 bridgehead atoms. The molecule has 0 radical (unpaired) electrons. The van der Waals surface area contributed by atoms with E-state index in [0.717, 1.165) is 37.4 Å². The van der Waals surface area contributed by atoms with E-state index < -0.39 is 0 Å². The van der Waals surface area contributed by atoms with E-state index >= 15 is 0 Å². The van der Waals surface area contributed by atoms with Gasteiger partial charge in [0.2, 0.25) is 0 Å². The van der Waals surface area contributed by atoms with Crippen molar-refractivity contribution in [1.82, 2.24) is 0 Å². The van der Waals surface area contributed by atoms with Crippen LogP contribution in [0, 0.1) is 5.92 Å².